The van der Waals surface area contributed by atoms with E-state index in [1.807, 2.05) is 24.1 Å². The van der Waals surface area contributed by atoms with Crippen molar-refractivity contribution in [2.75, 3.05) is 5.32 Å². The van der Waals surface area contributed by atoms with Gasteiger partial charge in [0.15, 0.2) is 0 Å². The van der Waals surface area contributed by atoms with Crippen LogP contribution in [0.1, 0.15) is 18.4 Å². The zero-order chi connectivity index (χ0) is 11.0. The SMILES string of the molecule is Cn1cc(NC2(c3ccccc3)CC2)cn1. The Morgan fingerprint density at radius 2 is 2.00 bits per heavy atom. The molecule has 0 spiro atoms. The van der Waals surface area contributed by atoms with E-state index < -0.39 is 0 Å². The number of rotatable bonds is 3. The summed E-state index contributed by atoms with van der Waals surface area (Å²) in [6, 6.07) is 10.6. The van der Waals surface area contributed by atoms with Crippen LogP contribution in [0.4, 0.5) is 5.69 Å². The molecule has 1 aromatic carbocycles. The van der Waals surface area contributed by atoms with Crippen molar-refractivity contribution in [1.29, 1.82) is 0 Å². The summed E-state index contributed by atoms with van der Waals surface area (Å²) in [5.41, 5.74) is 2.63. The number of hydrogen-bond acceptors (Lipinski definition) is 2. The van der Waals surface area contributed by atoms with E-state index >= 15 is 0 Å². The van der Waals surface area contributed by atoms with Gasteiger partial charge in [-0.1, -0.05) is 30.3 Å². The van der Waals surface area contributed by atoms with Crippen LogP contribution in [-0.2, 0) is 12.6 Å². The van der Waals surface area contributed by atoms with Gasteiger partial charge in [-0.2, -0.15) is 5.10 Å². The third-order valence-corrected chi connectivity index (χ3v) is 3.16. The fourth-order valence-electron chi connectivity index (χ4n) is 2.13. The smallest absolute Gasteiger partial charge is 0.0733 e. The van der Waals surface area contributed by atoms with E-state index in [0.29, 0.717) is 0 Å². The summed E-state index contributed by atoms with van der Waals surface area (Å²) < 4.78 is 1.82. The number of nitrogens with one attached hydrogen (secondary N) is 1. The van der Waals surface area contributed by atoms with Crippen molar-refractivity contribution in [1.82, 2.24) is 9.78 Å². The van der Waals surface area contributed by atoms with Gasteiger partial charge < -0.3 is 5.32 Å². The van der Waals surface area contributed by atoms with Gasteiger partial charge in [-0.05, 0) is 18.4 Å². The highest BCUT2D eigenvalue weighted by molar-refractivity contribution is 5.48. The second kappa shape index (κ2) is 3.37. The van der Waals surface area contributed by atoms with Gasteiger partial charge in [0.25, 0.3) is 0 Å². The third-order valence-electron chi connectivity index (χ3n) is 3.16. The lowest BCUT2D eigenvalue weighted by atomic mass is 10.1. The first-order valence-corrected chi connectivity index (χ1v) is 5.61. The number of benzene rings is 1. The van der Waals surface area contributed by atoms with E-state index in [0.717, 1.165) is 5.69 Å². The average Bonchev–Trinajstić information content (AvgIpc) is 2.98. The Bertz CT molecular complexity index is 483. The molecule has 1 aromatic heterocycles. The predicted molar refractivity (Wildman–Crippen MR) is 64.2 cm³/mol. The number of nitrogens with zero attached hydrogens (tertiary/aromatic N) is 2. The highest BCUT2D eigenvalue weighted by Gasteiger charge is 2.44. The van der Waals surface area contributed by atoms with Crippen molar-refractivity contribution in [2.24, 2.45) is 7.05 Å². The fraction of sp³-hybridized carbons (Fsp3) is 0.308. The minimum atomic E-state index is 0.157. The predicted octanol–water partition coefficient (Wildman–Crippen LogP) is 2.52. The molecule has 1 aliphatic rings. The van der Waals surface area contributed by atoms with E-state index in [-0.39, 0.29) is 5.54 Å². The van der Waals surface area contributed by atoms with Crippen LogP contribution >= 0.6 is 0 Å². The van der Waals surface area contributed by atoms with Crippen LogP contribution in [0.3, 0.4) is 0 Å². The van der Waals surface area contributed by atoms with Crippen LogP contribution < -0.4 is 5.32 Å². The summed E-state index contributed by atoms with van der Waals surface area (Å²) in [6.07, 6.45) is 6.30. The molecule has 82 valence electrons. The van der Waals surface area contributed by atoms with Gasteiger partial charge in [0.2, 0.25) is 0 Å². The average molecular weight is 213 g/mol. The first kappa shape index (κ1) is 9.46. The molecular formula is C13H15N3. The first-order chi connectivity index (χ1) is 7.78. The summed E-state index contributed by atoms with van der Waals surface area (Å²) in [5.74, 6) is 0. The summed E-state index contributed by atoms with van der Waals surface area (Å²) in [6.45, 7) is 0. The minimum absolute atomic E-state index is 0.157. The topological polar surface area (TPSA) is 29.9 Å². The van der Waals surface area contributed by atoms with Gasteiger partial charge in [0, 0.05) is 13.2 Å². The number of aryl methyl sites for hydroxylation is 1. The van der Waals surface area contributed by atoms with Crippen LogP contribution in [-0.4, -0.2) is 9.78 Å². The van der Waals surface area contributed by atoms with Gasteiger partial charge in [0.1, 0.15) is 0 Å². The molecule has 3 nitrogen and oxygen atoms in total. The molecular weight excluding hydrogens is 198 g/mol. The van der Waals surface area contributed by atoms with Crippen molar-refractivity contribution in [3.05, 3.63) is 48.3 Å². The molecule has 0 aliphatic heterocycles. The second-order valence-electron chi connectivity index (χ2n) is 4.48. The van der Waals surface area contributed by atoms with Crippen molar-refractivity contribution < 1.29 is 0 Å². The summed E-state index contributed by atoms with van der Waals surface area (Å²) in [7, 11) is 1.94. The Labute approximate surface area is 95.1 Å². The van der Waals surface area contributed by atoms with Crippen molar-refractivity contribution in [2.45, 2.75) is 18.4 Å². The number of anilines is 1. The molecule has 1 heterocycles. The lowest BCUT2D eigenvalue weighted by Gasteiger charge is -2.17. The molecule has 16 heavy (non-hydrogen) atoms. The minimum Gasteiger partial charge on any atom is -0.373 e. The maximum atomic E-state index is 4.18. The maximum absolute atomic E-state index is 4.18. The molecule has 1 aliphatic carbocycles. The van der Waals surface area contributed by atoms with Crippen LogP contribution in [0.2, 0.25) is 0 Å². The lowest BCUT2D eigenvalue weighted by molar-refractivity contribution is 0.766. The van der Waals surface area contributed by atoms with E-state index in [1.165, 1.54) is 18.4 Å². The second-order valence-corrected chi connectivity index (χ2v) is 4.48. The molecule has 3 heteroatoms. The van der Waals surface area contributed by atoms with Gasteiger partial charge in [-0.3, -0.25) is 4.68 Å². The Hall–Kier alpha value is -1.77. The Morgan fingerprint density at radius 3 is 2.56 bits per heavy atom. The van der Waals surface area contributed by atoms with E-state index in [1.54, 1.807) is 0 Å². The molecule has 0 saturated heterocycles. The highest BCUT2D eigenvalue weighted by Crippen LogP contribution is 2.48. The molecule has 1 fully saturated rings. The number of aromatic nitrogens is 2. The zero-order valence-corrected chi connectivity index (χ0v) is 9.35. The molecule has 1 saturated carbocycles. The molecule has 0 atom stereocenters. The summed E-state index contributed by atoms with van der Waals surface area (Å²) >= 11 is 0. The van der Waals surface area contributed by atoms with Crippen LogP contribution in [0.25, 0.3) is 0 Å². The van der Waals surface area contributed by atoms with Crippen LogP contribution in [0.15, 0.2) is 42.7 Å². The monoisotopic (exact) mass is 213 g/mol. The van der Waals surface area contributed by atoms with Gasteiger partial charge in [-0.25, -0.2) is 0 Å². The van der Waals surface area contributed by atoms with Gasteiger partial charge in [0.05, 0.1) is 17.4 Å². The molecule has 2 aromatic rings. The first-order valence-electron chi connectivity index (χ1n) is 5.61. The van der Waals surface area contributed by atoms with Crippen molar-refractivity contribution in [3.63, 3.8) is 0 Å². The third kappa shape index (κ3) is 1.58. The standard InChI is InChI=1S/C13H15N3/c1-16-10-12(9-14-16)15-13(7-8-13)11-5-3-2-4-6-11/h2-6,9-10,15H,7-8H2,1H3. The molecule has 0 unspecified atom stereocenters. The van der Waals surface area contributed by atoms with Gasteiger partial charge in [-0.15, -0.1) is 0 Å². The normalized spacial score (nSPS) is 17.1. The lowest BCUT2D eigenvalue weighted by Crippen LogP contribution is -2.18. The Kier molecular flexibility index (Phi) is 1.99. The largest absolute Gasteiger partial charge is 0.373 e. The van der Waals surface area contributed by atoms with Crippen LogP contribution in [0.5, 0.6) is 0 Å². The summed E-state index contributed by atoms with van der Waals surface area (Å²) in [5, 5.41) is 7.76. The van der Waals surface area contributed by atoms with E-state index in [9.17, 15) is 0 Å². The molecule has 1 N–H and O–H groups in total. The molecule has 3 rings (SSSR count). The highest BCUT2D eigenvalue weighted by atomic mass is 15.3. The molecule has 0 bridgehead atoms. The van der Waals surface area contributed by atoms with E-state index in [4.69, 9.17) is 0 Å². The van der Waals surface area contributed by atoms with E-state index in [2.05, 4.69) is 40.7 Å². The van der Waals surface area contributed by atoms with Gasteiger partial charge >= 0.3 is 0 Å². The molecule has 0 radical (unpaired) electrons. The van der Waals surface area contributed by atoms with Crippen molar-refractivity contribution in [3.8, 4) is 0 Å². The van der Waals surface area contributed by atoms with Crippen molar-refractivity contribution >= 4 is 5.69 Å². The molecule has 0 amide bonds. The quantitative estimate of drug-likeness (QED) is 0.849. The Balaban J connectivity index is 1.85. The van der Waals surface area contributed by atoms with Crippen LogP contribution in [0, 0.1) is 0 Å². The fourth-order valence-corrected chi connectivity index (χ4v) is 2.13. The zero-order valence-electron chi connectivity index (χ0n) is 9.35. The number of hydrogen-bond donors (Lipinski definition) is 1. The summed E-state index contributed by atoms with van der Waals surface area (Å²) in [4.78, 5) is 0. The Morgan fingerprint density at radius 1 is 1.25 bits per heavy atom. The maximum Gasteiger partial charge on any atom is 0.0733 e.